The van der Waals surface area contributed by atoms with Crippen LogP contribution in [0.15, 0.2) is 42.5 Å². The first-order valence-electron chi connectivity index (χ1n) is 8.65. The zero-order valence-electron chi connectivity index (χ0n) is 15.6. The maximum Gasteiger partial charge on any atom is 0.337 e. The Labute approximate surface area is 162 Å². The van der Waals surface area contributed by atoms with Crippen LogP contribution in [0, 0.1) is 0 Å². The van der Waals surface area contributed by atoms with Crippen LogP contribution in [0.2, 0.25) is 0 Å². The van der Waals surface area contributed by atoms with E-state index in [1.165, 1.54) is 26.4 Å². The number of carbonyl (C=O) groups is 2. The molecule has 1 N–H and O–H groups in total. The largest absolute Gasteiger partial charge is 0.493 e. The molecule has 0 aromatic heterocycles. The van der Waals surface area contributed by atoms with Crippen LogP contribution in [0.5, 0.6) is 23.0 Å². The molecule has 1 aliphatic rings. The van der Waals surface area contributed by atoms with Gasteiger partial charge in [-0.3, -0.25) is 4.79 Å². The van der Waals surface area contributed by atoms with Crippen molar-refractivity contribution in [3.8, 4) is 23.0 Å². The van der Waals surface area contributed by atoms with Gasteiger partial charge in [0.2, 0.25) is 0 Å². The van der Waals surface area contributed by atoms with Crippen molar-refractivity contribution in [3.05, 3.63) is 48.0 Å². The first-order chi connectivity index (χ1) is 13.6. The lowest BCUT2D eigenvalue weighted by molar-refractivity contribution is -0.123. The minimum atomic E-state index is -0.487. The molecular weight excluding hydrogens is 366 g/mol. The molecule has 0 bridgehead atoms. The number of nitrogens with one attached hydrogen (secondary N) is 1. The SMILES string of the molecule is COC(=O)c1ccc(OCC(=O)NC[C@@H]2COc3ccccc3O2)c(OC)c1. The van der Waals surface area contributed by atoms with Gasteiger partial charge >= 0.3 is 5.97 Å². The van der Waals surface area contributed by atoms with Crippen LogP contribution < -0.4 is 24.3 Å². The highest BCUT2D eigenvalue weighted by Crippen LogP contribution is 2.31. The van der Waals surface area contributed by atoms with Gasteiger partial charge in [-0.1, -0.05) is 12.1 Å². The highest BCUT2D eigenvalue weighted by Gasteiger charge is 2.21. The van der Waals surface area contributed by atoms with Crippen LogP contribution in [0.1, 0.15) is 10.4 Å². The number of benzene rings is 2. The van der Waals surface area contributed by atoms with E-state index in [-0.39, 0.29) is 25.2 Å². The van der Waals surface area contributed by atoms with E-state index in [1.54, 1.807) is 6.07 Å². The maximum absolute atomic E-state index is 12.1. The third kappa shape index (κ3) is 4.64. The Morgan fingerprint density at radius 2 is 1.89 bits per heavy atom. The number of rotatable bonds is 7. The van der Waals surface area contributed by atoms with Crippen molar-refractivity contribution in [2.45, 2.75) is 6.10 Å². The van der Waals surface area contributed by atoms with Gasteiger partial charge in [0.25, 0.3) is 5.91 Å². The molecule has 0 unspecified atom stereocenters. The molecule has 0 saturated carbocycles. The van der Waals surface area contributed by atoms with Gasteiger partial charge in [0.05, 0.1) is 26.3 Å². The highest BCUT2D eigenvalue weighted by molar-refractivity contribution is 5.90. The average molecular weight is 387 g/mol. The molecular formula is C20H21NO7. The predicted molar refractivity (Wildman–Crippen MR) is 99.2 cm³/mol. The Kier molecular flexibility index (Phi) is 6.21. The van der Waals surface area contributed by atoms with Crippen molar-refractivity contribution in [1.29, 1.82) is 0 Å². The van der Waals surface area contributed by atoms with Crippen LogP contribution in [0.3, 0.4) is 0 Å². The summed E-state index contributed by atoms with van der Waals surface area (Å²) < 4.78 is 26.7. The summed E-state index contributed by atoms with van der Waals surface area (Å²) in [5.41, 5.74) is 0.325. The molecule has 1 atom stereocenters. The molecule has 0 aliphatic carbocycles. The van der Waals surface area contributed by atoms with E-state index in [4.69, 9.17) is 18.9 Å². The average Bonchev–Trinajstić information content (AvgIpc) is 2.75. The number of ether oxygens (including phenoxy) is 5. The van der Waals surface area contributed by atoms with Gasteiger partial charge in [0.1, 0.15) is 12.7 Å². The first kappa shape index (κ1) is 19.3. The molecule has 3 rings (SSSR count). The Balaban J connectivity index is 1.49. The monoisotopic (exact) mass is 387 g/mol. The molecule has 8 nitrogen and oxygen atoms in total. The molecule has 8 heteroatoms. The summed E-state index contributed by atoms with van der Waals surface area (Å²) in [7, 11) is 2.74. The Hall–Kier alpha value is -3.42. The minimum absolute atomic E-state index is 0.210. The molecule has 2 aromatic rings. The summed E-state index contributed by atoms with van der Waals surface area (Å²) in [6, 6.07) is 11.9. The predicted octanol–water partition coefficient (Wildman–Crippen LogP) is 1.82. The number of para-hydroxylation sites is 2. The van der Waals surface area contributed by atoms with Gasteiger partial charge in [-0.15, -0.1) is 0 Å². The van der Waals surface area contributed by atoms with Crippen LogP contribution in [-0.2, 0) is 9.53 Å². The number of carbonyl (C=O) groups excluding carboxylic acids is 2. The number of amides is 1. The summed E-state index contributed by atoms with van der Waals surface area (Å²) in [6.45, 7) is 0.425. The maximum atomic E-state index is 12.1. The Bertz CT molecular complexity index is 852. The Morgan fingerprint density at radius 3 is 2.64 bits per heavy atom. The third-order valence-electron chi connectivity index (χ3n) is 4.04. The van der Waals surface area contributed by atoms with Crippen molar-refractivity contribution in [2.24, 2.45) is 0 Å². The van der Waals surface area contributed by atoms with Crippen LogP contribution >= 0.6 is 0 Å². The smallest absolute Gasteiger partial charge is 0.337 e. The van der Waals surface area contributed by atoms with E-state index in [9.17, 15) is 9.59 Å². The minimum Gasteiger partial charge on any atom is -0.493 e. The summed E-state index contributed by atoms with van der Waals surface area (Å²) >= 11 is 0. The summed E-state index contributed by atoms with van der Waals surface area (Å²) in [4.78, 5) is 23.6. The second kappa shape index (κ2) is 8.98. The second-order valence-electron chi connectivity index (χ2n) is 5.95. The second-order valence-corrected chi connectivity index (χ2v) is 5.95. The molecule has 0 saturated heterocycles. The van der Waals surface area contributed by atoms with Crippen molar-refractivity contribution in [3.63, 3.8) is 0 Å². The lowest BCUT2D eigenvalue weighted by Crippen LogP contribution is -2.42. The van der Waals surface area contributed by atoms with E-state index in [0.717, 1.165) is 0 Å². The molecule has 148 valence electrons. The van der Waals surface area contributed by atoms with E-state index in [2.05, 4.69) is 10.1 Å². The standard InChI is InChI=1S/C20H21NO7/c1-24-18-9-13(20(23)25-2)7-8-16(18)27-12-19(22)21-10-14-11-26-15-5-3-4-6-17(15)28-14/h3-9,14H,10-12H2,1-2H3,(H,21,22)/t14-/m1/s1. The first-order valence-corrected chi connectivity index (χ1v) is 8.65. The van der Waals surface area contributed by atoms with Gasteiger partial charge < -0.3 is 29.0 Å². The van der Waals surface area contributed by atoms with Gasteiger partial charge in [-0.05, 0) is 30.3 Å². The topological polar surface area (TPSA) is 92.3 Å². The van der Waals surface area contributed by atoms with E-state index < -0.39 is 5.97 Å². The van der Waals surface area contributed by atoms with E-state index in [1.807, 2.05) is 24.3 Å². The third-order valence-corrected chi connectivity index (χ3v) is 4.04. The molecule has 2 aromatic carbocycles. The number of esters is 1. The lowest BCUT2D eigenvalue weighted by Gasteiger charge is -2.26. The quantitative estimate of drug-likeness (QED) is 0.725. The zero-order chi connectivity index (χ0) is 19.9. The van der Waals surface area contributed by atoms with Gasteiger partial charge in [0, 0.05) is 0 Å². The van der Waals surface area contributed by atoms with Crippen molar-refractivity contribution >= 4 is 11.9 Å². The van der Waals surface area contributed by atoms with Crippen molar-refractivity contribution in [2.75, 3.05) is 34.0 Å². The van der Waals surface area contributed by atoms with E-state index >= 15 is 0 Å². The normalized spacial score (nSPS) is 14.7. The Morgan fingerprint density at radius 1 is 1.11 bits per heavy atom. The zero-order valence-corrected chi connectivity index (χ0v) is 15.6. The van der Waals surface area contributed by atoms with Gasteiger partial charge in [0.15, 0.2) is 29.6 Å². The lowest BCUT2D eigenvalue weighted by atomic mass is 10.2. The fourth-order valence-electron chi connectivity index (χ4n) is 2.62. The summed E-state index contributed by atoms with van der Waals surface area (Å²) in [6.07, 6.45) is -0.285. The van der Waals surface area contributed by atoms with Crippen LogP contribution in [0.25, 0.3) is 0 Å². The van der Waals surface area contributed by atoms with Crippen molar-refractivity contribution < 1.29 is 33.3 Å². The number of hydrogen-bond acceptors (Lipinski definition) is 7. The molecule has 1 aliphatic heterocycles. The number of methoxy groups -OCH3 is 2. The van der Waals surface area contributed by atoms with Gasteiger partial charge in [-0.25, -0.2) is 4.79 Å². The molecule has 1 heterocycles. The van der Waals surface area contributed by atoms with Crippen LogP contribution in [-0.4, -0.2) is 52.0 Å². The summed E-state index contributed by atoms with van der Waals surface area (Å²) in [5.74, 6) is 1.21. The number of fused-ring (bicyclic) bond motifs is 1. The molecule has 28 heavy (non-hydrogen) atoms. The number of hydrogen-bond donors (Lipinski definition) is 1. The van der Waals surface area contributed by atoms with E-state index in [0.29, 0.717) is 35.2 Å². The summed E-state index contributed by atoms with van der Waals surface area (Å²) in [5, 5.41) is 2.75. The van der Waals surface area contributed by atoms with Crippen molar-refractivity contribution in [1.82, 2.24) is 5.32 Å². The van der Waals surface area contributed by atoms with Crippen LogP contribution in [0.4, 0.5) is 0 Å². The molecule has 0 fully saturated rings. The molecule has 0 radical (unpaired) electrons. The fourth-order valence-corrected chi connectivity index (χ4v) is 2.62. The fraction of sp³-hybridized carbons (Fsp3) is 0.300. The molecule has 1 amide bonds. The molecule has 0 spiro atoms. The van der Waals surface area contributed by atoms with Gasteiger partial charge in [-0.2, -0.15) is 0 Å². The highest BCUT2D eigenvalue weighted by atomic mass is 16.6.